The first-order valence-electron chi connectivity index (χ1n) is 11.8. The average Bonchev–Trinajstić information content (AvgIpc) is 2.73. The number of ether oxygens (including phenoxy) is 1. The smallest absolute Gasteiger partial charge is 0.306 e. The summed E-state index contributed by atoms with van der Waals surface area (Å²) in [5.41, 5.74) is 0. The van der Waals surface area contributed by atoms with Crippen molar-refractivity contribution in [3.8, 4) is 0 Å². The third kappa shape index (κ3) is 19.4. The fraction of sp³-hybridized carbons (Fsp3) is 0.692. The van der Waals surface area contributed by atoms with Gasteiger partial charge in [-0.2, -0.15) is 0 Å². The molecule has 0 amide bonds. The van der Waals surface area contributed by atoms with E-state index in [1.54, 1.807) is 0 Å². The molecule has 0 rings (SSSR count). The van der Waals surface area contributed by atoms with Gasteiger partial charge in [0, 0.05) is 12.8 Å². The quantitative estimate of drug-likeness (QED) is 0.127. The van der Waals surface area contributed by atoms with E-state index in [0.29, 0.717) is 25.4 Å². The lowest BCUT2D eigenvalue weighted by Crippen LogP contribution is -2.14. The van der Waals surface area contributed by atoms with Crippen LogP contribution < -0.4 is 0 Å². The lowest BCUT2D eigenvalue weighted by atomic mass is 10.0. The van der Waals surface area contributed by atoms with Crippen LogP contribution in [0.2, 0.25) is 0 Å². The summed E-state index contributed by atoms with van der Waals surface area (Å²) in [5, 5.41) is 0. The predicted octanol–water partition coefficient (Wildman–Crippen LogP) is 7.51. The van der Waals surface area contributed by atoms with Crippen LogP contribution in [0.1, 0.15) is 104 Å². The van der Waals surface area contributed by atoms with Crippen LogP contribution in [-0.4, -0.2) is 18.4 Å². The van der Waals surface area contributed by atoms with Gasteiger partial charge in [-0.25, -0.2) is 0 Å². The number of rotatable bonds is 19. The zero-order valence-corrected chi connectivity index (χ0v) is 19.2. The Labute approximate surface area is 179 Å². The number of carbonyl (C=O) groups is 2. The van der Waals surface area contributed by atoms with Crippen LogP contribution >= 0.6 is 0 Å². The number of carbonyl (C=O) groups excluding carboxylic acids is 2. The van der Waals surface area contributed by atoms with E-state index in [1.165, 1.54) is 25.7 Å². The van der Waals surface area contributed by atoms with Gasteiger partial charge in [0.15, 0.2) is 0 Å². The second-order valence-electron chi connectivity index (χ2n) is 7.77. The molecule has 0 heterocycles. The van der Waals surface area contributed by atoms with Gasteiger partial charge in [-0.05, 0) is 38.0 Å². The van der Waals surface area contributed by atoms with Gasteiger partial charge in [0.05, 0.1) is 13.0 Å². The number of hydrogen-bond acceptors (Lipinski definition) is 3. The van der Waals surface area contributed by atoms with Crippen molar-refractivity contribution in [2.24, 2.45) is 5.92 Å². The molecule has 0 aliphatic heterocycles. The molecule has 0 radical (unpaired) electrons. The average molecular weight is 405 g/mol. The van der Waals surface area contributed by atoms with Crippen molar-refractivity contribution in [2.45, 2.75) is 104 Å². The first kappa shape index (κ1) is 27.4. The van der Waals surface area contributed by atoms with Crippen LogP contribution in [0.3, 0.4) is 0 Å². The highest BCUT2D eigenvalue weighted by Crippen LogP contribution is 2.13. The Bertz CT molecular complexity index is 488. The van der Waals surface area contributed by atoms with Crippen LogP contribution in [0.25, 0.3) is 0 Å². The summed E-state index contributed by atoms with van der Waals surface area (Å²) < 4.78 is 5.35. The number of allylic oxidation sites excluding steroid dienone is 6. The zero-order valence-electron chi connectivity index (χ0n) is 19.2. The molecule has 0 saturated heterocycles. The number of hydrogen-bond donors (Lipinski definition) is 0. The Kier molecular flexibility index (Phi) is 19.9. The number of Topliss-reactive ketones (excluding diaryl/α,β-unsaturated/α-hetero) is 1. The molecule has 3 heteroatoms. The maximum atomic E-state index is 11.9. The molecule has 0 fully saturated rings. The van der Waals surface area contributed by atoms with Crippen LogP contribution in [0, 0.1) is 5.92 Å². The van der Waals surface area contributed by atoms with Crippen molar-refractivity contribution in [3.05, 3.63) is 36.5 Å². The monoisotopic (exact) mass is 404 g/mol. The van der Waals surface area contributed by atoms with Crippen molar-refractivity contribution >= 4 is 11.8 Å². The van der Waals surface area contributed by atoms with E-state index >= 15 is 0 Å². The van der Waals surface area contributed by atoms with E-state index in [9.17, 15) is 9.59 Å². The molecule has 0 aromatic carbocycles. The molecule has 0 aliphatic carbocycles. The lowest BCUT2D eigenvalue weighted by molar-refractivity contribution is -0.146. The summed E-state index contributed by atoms with van der Waals surface area (Å²) in [7, 11) is 0. The molecule has 0 N–H and O–H groups in total. The predicted molar refractivity (Wildman–Crippen MR) is 124 cm³/mol. The van der Waals surface area contributed by atoms with Crippen molar-refractivity contribution in [1.82, 2.24) is 0 Å². The maximum absolute atomic E-state index is 11.9. The molecule has 0 aromatic heterocycles. The first-order chi connectivity index (χ1) is 14.1. The Hall–Kier alpha value is -1.64. The Morgan fingerprint density at radius 2 is 1.41 bits per heavy atom. The Morgan fingerprint density at radius 1 is 0.759 bits per heavy atom. The second-order valence-corrected chi connectivity index (χ2v) is 7.77. The highest BCUT2D eigenvalue weighted by molar-refractivity contribution is 5.82. The third-order valence-electron chi connectivity index (χ3n) is 5.04. The largest absolute Gasteiger partial charge is 0.465 e. The van der Waals surface area contributed by atoms with Gasteiger partial charge in [-0.15, -0.1) is 0 Å². The SMILES string of the molecule is CCCCC=CC=CC=CCCCCC(=O)CCC(=O)OCC(CC)CCCC. The standard InChI is InChI=1S/C26H44O3/c1-4-7-9-10-11-12-13-14-15-16-17-18-20-25(27)21-22-26(28)29-23-24(6-3)19-8-5-2/h10-15,24H,4-9,16-23H2,1-3H3. The van der Waals surface area contributed by atoms with Gasteiger partial charge in [-0.1, -0.05) is 89.3 Å². The lowest BCUT2D eigenvalue weighted by Gasteiger charge is -2.14. The fourth-order valence-electron chi connectivity index (χ4n) is 2.93. The van der Waals surface area contributed by atoms with Crippen LogP contribution in [-0.2, 0) is 14.3 Å². The van der Waals surface area contributed by atoms with Gasteiger partial charge < -0.3 is 4.74 Å². The number of unbranched alkanes of at least 4 members (excludes halogenated alkanes) is 5. The molecule has 1 unspecified atom stereocenters. The summed E-state index contributed by atoms with van der Waals surface area (Å²) in [5.74, 6) is 0.391. The molecular formula is C26H44O3. The summed E-state index contributed by atoms with van der Waals surface area (Å²) in [6.07, 6.45) is 24.7. The van der Waals surface area contributed by atoms with Crippen molar-refractivity contribution in [3.63, 3.8) is 0 Å². The molecule has 1 atom stereocenters. The number of ketones is 1. The Balaban J connectivity index is 3.68. The molecule has 29 heavy (non-hydrogen) atoms. The van der Waals surface area contributed by atoms with E-state index in [1.807, 2.05) is 6.08 Å². The van der Waals surface area contributed by atoms with Gasteiger partial charge in [0.2, 0.25) is 0 Å². The fourth-order valence-corrected chi connectivity index (χ4v) is 2.93. The molecule has 0 spiro atoms. The van der Waals surface area contributed by atoms with Crippen LogP contribution in [0.4, 0.5) is 0 Å². The highest BCUT2D eigenvalue weighted by Gasteiger charge is 2.11. The molecule has 0 aromatic rings. The first-order valence-corrected chi connectivity index (χ1v) is 11.8. The van der Waals surface area contributed by atoms with E-state index in [0.717, 1.165) is 38.5 Å². The molecule has 0 bridgehead atoms. The summed E-state index contributed by atoms with van der Waals surface area (Å²) in [4.78, 5) is 23.7. The summed E-state index contributed by atoms with van der Waals surface area (Å²) >= 11 is 0. The molecule has 166 valence electrons. The summed E-state index contributed by atoms with van der Waals surface area (Å²) in [6.45, 7) is 7.01. The third-order valence-corrected chi connectivity index (χ3v) is 5.04. The topological polar surface area (TPSA) is 43.4 Å². The summed E-state index contributed by atoms with van der Waals surface area (Å²) in [6, 6.07) is 0. The highest BCUT2D eigenvalue weighted by atomic mass is 16.5. The van der Waals surface area contributed by atoms with Gasteiger partial charge >= 0.3 is 5.97 Å². The second kappa shape index (κ2) is 21.1. The van der Waals surface area contributed by atoms with Crippen molar-refractivity contribution in [1.29, 1.82) is 0 Å². The normalized spacial score (nSPS) is 12.9. The molecule has 0 saturated carbocycles. The van der Waals surface area contributed by atoms with Gasteiger partial charge in [0.25, 0.3) is 0 Å². The van der Waals surface area contributed by atoms with E-state index < -0.39 is 0 Å². The molecular weight excluding hydrogens is 360 g/mol. The minimum absolute atomic E-state index is 0.168. The van der Waals surface area contributed by atoms with Crippen LogP contribution in [0.5, 0.6) is 0 Å². The van der Waals surface area contributed by atoms with E-state index in [4.69, 9.17) is 4.74 Å². The van der Waals surface area contributed by atoms with E-state index in [-0.39, 0.29) is 18.2 Å². The van der Waals surface area contributed by atoms with Crippen molar-refractivity contribution < 1.29 is 14.3 Å². The van der Waals surface area contributed by atoms with Crippen LogP contribution in [0.15, 0.2) is 36.5 Å². The Morgan fingerprint density at radius 3 is 2.03 bits per heavy atom. The minimum Gasteiger partial charge on any atom is -0.465 e. The minimum atomic E-state index is -0.230. The van der Waals surface area contributed by atoms with Crippen molar-refractivity contribution in [2.75, 3.05) is 6.61 Å². The van der Waals surface area contributed by atoms with E-state index in [2.05, 4.69) is 51.2 Å². The number of esters is 1. The molecule has 0 aliphatic rings. The van der Waals surface area contributed by atoms with Gasteiger partial charge in [0.1, 0.15) is 5.78 Å². The van der Waals surface area contributed by atoms with Gasteiger partial charge in [-0.3, -0.25) is 9.59 Å². The maximum Gasteiger partial charge on any atom is 0.306 e. The zero-order chi connectivity index (χ0) is 21.6. The molecule has 3 nitrogen and oxygen atoms in total.